The molecule has 27 heavy (non-hydrogen) atoms. The quantitative estimate of drug-likeness (QED) is 0.553. The second-order valence-corrected chi connectivity index (χ2v) is 7.54. The molecule has 0 unspecified atom stereocenters. The number of carbonyl (C=O) groups is 3. The van der Waals surface area contributed by atoms with Gasteiger partial charge in [-0.15, -0.1) is 17.9 Å². The molecule has 1 aromatic carbocycles. The van der Waals surface area contributed by atoms with Crippen molar-refractivity contribution in [3.05, 3.63) is 63.3 Å². The van der Waals surface area contributed by atoms with Gasteiger partial charge in [-0.2, -0.15) is 0 Å². The predicted octanol–water partition coefficient (Wildman–Crippen LogP) is 2.23. The number of carbonyl (C=O) groups excluding carboxylic acids is 3. The predicted molar refractivity (Wildman–Crippen MR) is 107 cm³/mol. The van der Waals surface area contributed by atoms with Gasteiger partial charge in [-0.1, -0.05) is 17.7 Å². The summed E-state index contributed by atoms with van der Waals surface area (Å²) in [5.41, 5.74) is 10.9. The Kier molecular flexibility index (Phi) is 7.12. The molecule has 1 aromatic heterocycles. The van der Waals surface area contributed by atoms with E-state index in [1.807, 2.05) is 11.0 Å². The fraction of sp³-hybridized carbons (Fsp3) is 0.167. The Morgan fingerprint density at radius 2 is 1.78 bits per heavy atom. The normalized spacial score (nSPS) is 10.6. The number of primary amides is 2. The third kappa shape index (κ3) is 6.21. The minimum atomic E-state index is -0.726. The van der Waals surface area contributed by atoms with Gasteiger partial charge in [0.1, 0.15) is 0 Å². The maximum absolute atomic E-state index is 12.4. The Labute approximate surface area is 165 Å². The molecule has 5 N–H and O–H groups in total. The van der Waals surface area contributed by atoms with E-state index >= 15 is 0 Å². The minimum absolute atomic E-state index is 0.0776. The van der Waals surface area contributed by atoms with E-state index in [0.29, 0.717) is 17.4 Å². The molecule has 1 heterocycles. The van der Waals surface area contributed by atoms with Crippen molar-refractivity contribution in [1.29, 1.82) is 0 Å². The molecule has 3 amide bonds. The standard InChI is InChI=1S/C18H19ClN4O3S/c1-2-5-23(9-14-3-4-15(19)27-14)10-16(24)22-13-7-11(17(20)25)6-12(8-13)18(21)26/h2-4,6-8H,1,5,9-10H2,(H2,20,25)(H2,21,26)(H,22,24). The highest BCUT2D eigenvalue weighted by Gasteiger charge is 2.14. The van der Waals surface area contributed by atoms with Crippen molar-refractivity contribution in [2.45, 2.75) is 6.54 Å². The molecule has 2 rings (SSSR count). The van der Waals surface area contributed by atoms with E-state index in [4.69, 9.17) is 23.1 Å². The number of hydrogen-bond donors (Lipinski definition) is 3. The van der Waals surface area contributed by atoms with Crippen LogP contribution in [-0.2, 0) is 11.3 Å². The number of amides is 3. The Hall–Kier alpha value is -2.68. The molecule has 7 nitrogen and oxygen atoms in total. The van der Waals surface area contributed by atoms with E-state index in [1.54, 1.807) is 12.1 Å². The maximum Gasteiger partial charge on any atom is 0.248 e. The fourth-order valence-corrected chi connectivity index (χ4v) is 3.54. The van der Waals surface area contributed by atoms with Crippen molar-refractivity contribution < 1.29 is 14.4 Å². The summed E-state index contributed by atoms with van der Waals surface area (Å²) in [7, 11) is 0. The van der Waals surface area contributed by atoms with Gasteiger partial charge in [-0.3, -0.25) is 19.3 Å². The highest BCUT2D eigenvalue weighted by atomic mass is 35.5. The van der Waals surface area contributed by atoms with Crippen LogP contribution < -0.4 is 16.8 Å². The van der Waals surface area contributed by atoms with Gasteiger partial charge < -0.3 is 16.8 Å². The molecule has 0 atom stereocenters. The van der Waals surface area contributed by atoms with Gasteiger partial charge >= 0.3 is 0 Å². The third-order valence-corrected chi connectivity index (χ3v) is 4.76. The molecule has 0 aliphatic rings. The van der Waals surface area contributed by atoms with E-state index in [-0.39, 0.29) is 29.3 Å². The summed E-state index contributed by atoms with van der Waals surface area (Å²) in [4.78, 5) is 38.1. The molecule has 0 saturated carbocycles. The molecule has 0 spiro atoms. The van der Waals surface area contributed by atoms with E-state index < -0.39 is 11.8 Å². The highest BCUT2D eigenvalue weighted by molar-refractivity contribution is 7.16. The van der Waals surface area contributed by atoms with E-state index in [1.165, 1.54) is 29.5 Å². The Bertz CT molecular complexity index is 849. The van der Waals surface area contributed by atoms with E-state index in [2.05, 4.69) is 11.9 Å². The first-order chi connectivity index (χ1) is 12.8. The number of rotatable bonds is 9. The Balaban J connectivity index is 2.11. The number of anilines is 1. The highest BCUT2D eigenvalue weighted by Crippen LogP contribution is 2.22. The van der Waals surface area contributed by atoms with Gasteiger partial charge in [0.25, 0.3) is 0 Å². The van der Waals surface area contributed by atoms with E-state index in [0.717, 1.165) is 4.88 Å². The van der Waals surface area contributed by atoms with Crippen molar-refractivity contribution in [2.75, 3.05) is 18.4 Å². The van der Waals surface area contributed by atoms with Gasteiger partial charge in [0.05, 0.1) is 10.9 Å². The number of halogens is 1. The van der Waals surface area contributed by atoms with Crippen molar-refractivity contribution in [3.63, 3.8) is 0 Å². The summed E-state index contributed by atoms with van der Waals surface area (Å²) in [5.74, 6) is -1.77. The van der Waals surface area contributed by atoms with Crippen LogP contribution in [0.3, 0.4) is 0 Å². The zero-order chi connectivity index (χ0) is 20.0. The largest absolute Gasteiger partial charge is 0.366 e. The smallest absolute Gasteiger partial charge is 0.248 e. The van der Waals surface area contributed by atoms with Gasteiger partial charge in [-0.05, 0) is 30.3 Å². The van der Waals surface area contributed by atoms with Crippen LogP contribution in [0.4, 0.5) is 5.69 Å². The number of nitrogens with two attached hydrogens (primary N) is 2. The molecule has 9 heteroatoms. The first kappa shape index (κ1) is 20.6. The molecule has 0 radical (unpaired) electrons. The van der Waals surface area contributed by atoms with Crippen LogP contribution in [0.15, 0.2) is 43.0 Å². The average Bonchev–Trinajstić information content (AvgIpc) is 2.99. The number of nitrogens with one attached hydrogen (secondary N) is 1. The molecule has 0 bridgehead atoms. The Morgan fingerprint density at radius 1 is 1.15 bits per heavy atom. The number of thiophene rings is 1. The zero-order valence-electron chi connectivity index (χ0n) is 14.4. The second kappa shape index (κ2) is 9.31. The summed E-state index contributed by atoms with van der Waals surface area (Å²) in [6.45, 7) is 4.81. The van der Waals surface area contributed by atoms with Crippen LogP contribution >= 0.6 is 22.9 Å². The molecule has 0 saturated heterocycles. The molecular weight excluding hydrogens is 388 g/mol. The van der Waals surface area contributed by atoms with Crippen LogP contribution in [0.1, 0.15) is 25.6 Å². The van der Waals surface area contributed by atoms with Crippen molar-refractivity contribution in [1.82, 2.24) is 4.90 Å². The van der Waals surface area contributed by atoms with Gasteiger partial charge in [0, 0.05) is 34.8 Å². The van der Waals surface area contributed by atoms with Crippen molar-refractivity contribution >= 4 is 46.3 Å². The van der Waals surface area contributed by atoms with E-state index in [9.17, 15) is 14.4 Å². The summed E-state index contributed by atoms with van der Waals surface area (Å²) >= 11 is 7.38. The third-order valence-electron chi connectivity index (χ3n) is 3.55. The van der Waals surface area contributed by atoms with Crippen molar-refractivity contribution in [2.24, 2.45) is 11.5 Å². The summed E-state index contributed by atoms with van der Waals surface area (Å²) in [6.07, 6.45) is 1.70. The van der Waals surface area contributed by atoms with Crippen LogP contribution in [0.2, 0.25) is 4.34 Å². The van der Waals surface area contributed by atoms with Gasteiger partial charge in [0.15, 0.2) is 0 Å². The topological polar surface area (TPSA) is 119 Å². The van der Waals surface area contributed by atoms with Crippen LogP contribution in [0.5, 0.6) is 0 Å². The number of hydrogen-bond acceptors (Lipinski definition) is 5. The zero-order valence-corrected chi connectivity index (χ0v) is 16.0. The second-order valence-electron chi connectivity index (χ2n) is 5.74. The van der Waals surface area contributed by atoms with Crippen LogP contribution in [0.25, 0.3) is 0 Å². The van der Waals surface area contributed by atoms with Gasteiger partial charge in [-0.25, -0.2) is 0 Å². The van der Waals surface area contributed by atoms with Crippen LogP contribution in [-0.4, -0.2) is 35.7 Å². The lowest BCUT2D eigenvalue weighted by Crippen LogP contribution is -2.33. The first-order valence-corrected chi connectivity index (χ1v) is 9.10. The SMILES string of the molecule is C=CCN(CC(=O)Nc1cc(C(N)=O)cc(C(N)=O)c1)Cc1ccc(Cl)s1. The maximum atomic E-state index is 12.4. The minimum Gasteiger partial charge on any atom is -0.366 e. The summed E-state index contributed by atoms with van der Waals surface area (Å²) in [6, 6.07) is 7.77. The molecular formula is C18H19ClN4O3S. The summed E-state index contributed by atoms with van der Waals surface area (Å²) in [5, 5.41) is 2.66. The number of nitrogens with zero attached hydrogens (tertiary/aromatic N) is 1. The molecule has 0 aliphatic carbocycles. The van der Waals surface area contributed by atoms with Crippen molar-refractivity contribution in [3.8, 4) is 0 Å². The lowest BCUT2D eigenvalue weighted by molar-refractivity contribution is -0.117. The van der Waals surface area contributed by atoms with Gasteiger partial charge in [0.2, 0.25) is 17.7 Å². The number of benzene rings is 1. The molecule has 142 valence electrons. The Morgan fingerprint density at radius 3 is 2.26 bits per heavy atom. The first-order valence-electron chi connectivity index (χ1n) is 7.90. The average molecular weight is 407 g/mol. The fourth-order valence-electron chi connectivity index (χ4n) is 2.41. The monoisotopic (exact) mass is 406 g/mol. The molecule has 2 aromatic rings. The van der Waals surface area contributed by atoms with Crippen LogP contribution in [0, 0.1) is 0 Å². The molecule has 0 aliphatic heterocycles. The molecule has 0 fully saturated rings. The lowest BCUT2D eigenvalue weighted by Gasteiger charge is -2.19. The lowest BCUT2D eigenvalue weighted by atomic mass is 10.1. The summed E-state index contributed by atoms with van der Waals surface area (Å²) < 4.78 is 0.676.